The molecule has 156 valence electrons. The topological polar surface area (TPSA) is 73.2 Å². The quantitative estimate of drug-likeness (QED) is 0.328. The van der Waals surface area contributed by atoms with E-state index in [-0.39, 0.29) is 23.3 Å². The molecule has 1 aliphatic rings. The number of hydrogen-bond donors (Lipinski definition) is 1. The number of thiophene rings is 1. The molecular formula is C22H23N3O3S2. The lowest BCUT2D eigenvalue weighted by molar-refractivity contribution is -0.119. The van der Waals surface area contributed by atoms with Crippen LogP contribution in [0.1, 0.15) is 12.8 Å². The van der Waals surface area contributed by atoms with E-state index in [1.54, 1.807) is 10.6 Å². The van der Waals surface area contributed by atoms with E-state index < -0.39 is 0 Å². The van der Waals surface area contributed by atoms with Gasteiger partial charge in [0.05, 0.1) is 17.4 Å². The zero-order valence-corrected chi connectivity index (χ0v) is 18.1. The van der Waals surface area contributed by atoms with E-state index in [9.17, 15) is 9.59 Å². The maximum atomic E-state index is 13.1. The van der Waals surface area contributed by atoms with Gasteiger partial charge in [-0.1, -0.05) is 48.2 Å². The first-order chi connectivity index (χ1) is 14.7. The Labute approximate surface area is 183 Å². The first-order valence-electron chi connectivity index (χ1n) is 9.87. The second-order valence-corrected chi connectivity index (χ2v) is 9.01. The van der Waals surface area contributed by atoms with Crippen LogP contribution in [0.5, 0.6) is 0 Å². The third kappa shape index (κ3) is 4.66. The number of benzene rings is 1. The molecule has 3 aromatic rings. The summed E-state index contributed by atoms with van der Waals surface area (Å²) in [5.41, 5.74) is 1.61. The smallest absolute Gasteiger partial charge is 0.272 e. The molecule has 1 aliphatic heterocycles. The SMILES string of the molecule is C=CCn1c(SCC(=O)NC[C@@H]2CCCO2)nc2cc(-c3ccccc3)sc2c1=O. The first kappa shape index (κ1) is 20.8. The van der Waals surface area contributed by atoms with E-state index in [0.717, 1.165) is 29.9 Å². The molecule has 8 heteroatoms. The molecule has 1 amide bonds. The van der Waals surface area contributed by atoms with E-state index in [1.165, 1.54) is 23.1 Å². The van der Waals surface area contributed by atoms with Crippen LogP contribution in [0.2, 0.25) is 0 Å². The van der Waals surface area contributed by atoms with Crippen LogP contribution in [0.15, 0.2) is 59.0 Å². The van der Waals surface area contributed by atoms with Gasteiger partial charge >= 0.3 is 0 Å². The summed E-state index contributed by atoms with van der Waals surface area (Å²) >= 11 is 2.71. The van der Waals surface area contributed by atoms with Crippen LogP contribution < -0.4 is 10.9 Å². The summed E-state index contributed by atoms with van der Waals surface area (Å²) in [5.74, 6) is 0.0996. The normalized spacial score (nSPS) is 16.1. The lowest BCUT2D eigenvalue weighted by Gasteiger charge is -2.12. The van der Waals surface area contributed by atoms with Gasteiger partial charge in [-0.3, -0.25) is 14.2 Å². The molecule has 4 rings (SSSR count). The van der Waals surface area contributed by atoms with Crippen LogP contribution in [0.25, 0.3) is 20.7 Å². The monoisotopic (exact) mass is 441 g/mol. The summed E-state index contributed by atoms with van der Waals surface area (Å²) in [6.45, 7) is 5.39. The highest BCUT2D eigenvalue weighted by atomic mass is 32.2. The zero-order valence-electron chi connectivity index (χ0n) is 16.5. The van der Waals surface area contributed by atoms with Crippen molar-refractivity contribution in [2.45, 2.75) is 30.6 Å². The molecule has 1 fully saturated rings. The van der Waals surface area contributed by atoms with Crippen LogP contribution in [-0.2, 0) is 16.1 Å². The van der Waals surface area contributed by atoms with Crippen LogP contribution in [0.4, 0.5) is 0 Å². The minimum absolute atomic E-state index is 0.0923. The predicted octanol–water partition coefficient (Wildman–Crippen LogP) is 3.70. The van der Waals surface area contributed by atoms with Crippen LogP contribution >= 0.6 is 23.1 Å². The highest BCUT2D eigenvalue weighted by molar-refractivity contribution is 7.99. The van der Waals surface area contributed by atoms with Crippen molar-refractivity contribution in [1.29, 1.82) is 0 Å². The van der Waals surface area contributed by atoms with Gasteiger partial charge in [0.2, 0.25) is 5.91 Å². The number of aromatic nitrogens is 2. The Morgan fingerprint density at radius 2 is 2.23 bits per heavy atom. The van der Waals surface area contributed by atoms with Gasteiger partial charge in [0.25, 0.3) is 5.56 Å². The van der Waals surface area contributed by atoms with Crippen molar-refractivity contribution < 1.29 is 9.53 Å². The number of fused-ring (bicyclic) bond motifs is 1. The van der Waals surface area contributed by atoms with Gasteiger partial charge in [-0.05, 0) is 24.5 Å². The molecule has 0 unspecified atom stereocenters. The number of ether oxygens (including phenoxy) is 1. The number of amides is 1. The van der Waals surface area contributed by atoms with Crippen molar-refractivity contribution >= 4 is 39.2 Å². The lowest BCUT2D eigenvalue weighted by Crippen LogP contribution is -2.33. The number of thioether (sulfide) groups is 1. The Kier molecular flexibility index (Phi) is 6.66. The lowest BCUT2D eigenvalue weighted by atomic mass is 10.2. The molecule has 2 aromatic heterocycles. The first-order valence-corrected chi connectivity index (χ1v) is 11.7. The Bertz CT molecular complexity index is 1100. The number of carbonyl (C=O) groups is 1. The van der Waals surface area contributed by atoms with Crippen molar-refractivity contribution in [3.63, 3.8) is 0 Å². The number of nitrogens with zero attached hydrogens (tertiary/aromatic N) is 2. The van der Waals surface area contributed by atoms with Gasteiger partial charge in [-0.2, -0.15) is 0 Å². The summed E-state index contributed by atoms with van der Waals surface area (Å²) in [7, 11) is 0. The molecular weight excluding hydrogens is 418 g/mol. The van der Waals surface area contributed by atoms with Gasteiger partial charge in [0.1, 0.15) is 4.70 Å². The maximum Gasteiger partial charge on any atom is 0.272 e. The summed E-state index contributed by atoms with van der Waals surface area (Å²) in [5, 5.41) is 3.43. The Hall–Kier alpha value is -2.42. The summed E-state index contributed by atoms with van der Waals surface area (Å²) in [6, 6.07) is 11.9. The highest BCUT2D eigenvalue weighted by Crippen LogP contribution is 2.31. The highest BCUT2D eigenvalue weighted by Gasteiger charge is 2.18. The molecule has 0 spiro atoms. The molecule has 0 radical (unpaired) electrons. The second-order valence-electron chi connectivity index (χ2n) is 7.02. The van der Waals surface area contributed by atoms with Gasteiger partial charge < -0.3 is 10.1 Å². The molecule has 0 saturated carbocycles. The maximum absolute atomic E-state index is 13.1. The zero-order chi connectivity index (χ0) is 20.9. The number of hydrogen-bond acceptors (Lipinski definition) is 6. The van der Waals surface area contributed by atoms with E-state index in [1.807, 2.05) is 36.4 Å². The largest absolute Gasteiger partial charge is 0.376 e. The fourth-order valence-corrected chi connectivity index (χ4v) is 5.24. The number of rotatable bonds is 8. The fourth-order valence-electron chi connectivity index (χ4n) is 3.35. The van der Waals surface area contributed by atoms with E-state index in [2.05, 4.69) is 11.9 Å². The number of allylic oxidation sites excluding steroid dienone is 1. The summed E-state index contributed by atoms with van der Waals surface area (Å²) in [6.07, 6.45) is 3.79. The van der Waals surface area contributed by atoms with Crippen molar-refractivity contribution in [3.05, 3.63) is 59.4 Å². The molecule has 30 heavy (non-hydrogen) atoms. The Morgan fingerprint density at radius 3 is 2.97 bits per heavy atom. The third-order valence-corrected chi connectivity index (χ3v) is 6.99. The van der Waals surface area contributed by atoms with Gasteiger partial charge in [-0.25, -0.2) is 4.98 Å². The molecule has 0 aliphatic carbocycles. The predicted molar refractivity (Wildman–Crippen MR) is 122 cm³/mol. The average Bonchev–Trinajstić information content (AvgIpc) is 3.44. The van der Waals surface area contributed by atoms with Crippen LogP contribution in [0, 0.1) is 0 Å². The van der Waals surface area contributed by atoms with E-state index >= 15 is 0 Å². The minimum Gasteiger partial charge on any atom is -0.376 e. The van der Waals surface area contributed by atoms with Crippen molar-refractivity contribution in [2.24, 2.45) is 0 Å². The van der Waals surface area contributed by atoms with Gasteiger partial charge in [0.15, 0.2) is 5.16 Å². The summed E-state index contributed by atoms with van der Waals surface area (Å²) < 4.78 is 7.73. The van der Waals surface area contributed by atoms with Gasteiger partial charge in [-0.15, -0.1) is 17.9 Å². The second kappa shape index (κ2) is 9.59. The third-order valence-electron chi connectivity index (χ3n) is 4.85. The molecule has 1 saturated heterocycles. The molecule has 3 heterocycles. The Morgan fingerprint density at radius 1 is 1.40 bits per heavy atom. The molecule has 1 aromatic carbocycles. The van der Waals surface area contributed by atoms with Crippen LogP contribution in [-0.4, -0.2) is 40.5 Å². The van der Waals surface area contributed by atoms with Crippen LogP contribution in [0.3, 0.4) is 0 Å². The van der Waals surface area contributed by atoms with Crippen molar-refractivity contribution in [2.75, 3.05) is 18.9 Å². The molecule has 6 nitrogen and oxygen atoms in total. The Balaban J connectivity index is 1.55. The minimum atomic E-state index is -0.102. The van der Waals surface area contributed by atoms with Crippen molar-refractivity contribution in [3.8, 4) is 10.4 Å². The standard InChI is InChI=1S/C22H23N3O3S2/c1-2-10-25-21(27)20-17(12-18(30-20)15-7-4-3-5-8-15)24-22(25)29-14-19(26)23-13-16-9-6-11-28-16/h2-5,7-8,12,16H,1,6,9-11,13-14H2,(H,23,26)/t16-/m0/s1. The van der Waals surface area contributed by atoms with Gasteiger partial charge in [0, 0.05) is 24.6 Å². The molecule has 0 bridgehead atoms. The van der Waals surface area contributed by atoms with Crippen molar-refractivity contribution in [1.82, 2.24) is 14.9 Å². The number of nitrogens with one attached hydrogen (secondary N) is 1. The molecule has 1 atom stereocenters. The van der Waals surface area contributed by atoms with E-state index in [0.29, 0.717) is 28.5 Å². The number of carbonyl (C=O) groups excluding carboxylic acids is 1. The summed E-state index contributed by atoms with van der Waals surface area (Å²) in [4.78, 5) is 31.0. The molecule has 1 N–H and O–H groups in total. The van der Waals surface area contributed by atoms with E-state index in [4.69, 9.17) is 9.72 Å². The fraction of sp³-hybridized carbons (Fsp3) is 0.318. The average molecular weight is 442 g/mol.